The van der Waals surface area contributed by atoms with Crippen LogP contribution in [0.1, 0.15) is 33.8 Å². The fourth-order valence-corrected chi connectivity index (χ4v) is 2.24. The molecule has 0 radical (unpaired) electrons. The fraction of sp³-hybridized carbons (Fsp3) is 0.188. The van der Waals surface area contributed by atoms with Crippen LogP contribution in [0.2, 0.25) is 0 Å². The molecule has 2 aromatic rings. The molecule has 0 saturated heterocycles. The van der Waals surface area contributed by atoms with Gasteiger partial charge in [0, 0.05) is 5.56 Å². The molecule has 2 rings (SSSR count). The second-order valence-electron chi connectivity index (χ2n) is 4.15. The van der Waals surface area contributed by atoms with Crippen molar-refractivity contribution >= 4 is 17.4 Å². The second-order valence-corrected chi connectivity index (χ2v) is 4.58. The number of alkyl halides is 1. The van der Waals surface area contributed by atoms with Gasteiger partial charge in [0.2, 0.25) is 0 Å². The molecule has 1 unspecified atom stereocenters. The quantitative estimate of drug-likeness (QED) is 0.586. The minimum Gasteiger partial charge on any atom is -0.292 e. The molecule has 2 aromatic carbocycles. The average Bonchev–Trinajstić information content (AvgIpc) is 2.46. The van der Waals surface area contributed by atoms with Gasteiger partial charge in [0.05, 0.1) is 0 Å². The summed E-state index contributed by atoms with van der Waals surface area (Å²) in [7, 11) is 0. The lowest BCUT2D eigenvalue weighted by Gasteiger charge is -2.11. The van der Waals surface area contributed by atoms with Crippen molar-refractivity contribution in [1.29, 1.82) is 0 Å². The van der Waals surface area contributed by atoms with Gasteiger partial charge in [-0.25, -0.2) is 0 Å². The predicted octanol–water partition coefficient (Wildman–Crippen LogP) is 4.41. The van der Waals surface area contributed by atoms with Gasteiger partial charge in [0.25, 0.3) is 0 Å². The number of rotatable bonds is 4. The Labute approximate surface area is 112 Å². The van der Waals surface area contributed by atoms with Crippen LogP contribution < -0.4 is 0 Å². The monoisotopic (exact) mass is 258 g/mol. The molecule has 0 amide bonds. The van der Waals surface area contributed by atoms with Crippen LogP contribution in [0.3, 0.4) is 0 Å². The summed E-state index contributed by atoms with van der Waals surface area (Å²) >= 11 is 6.27. The molecule has 2 heteroatoms. The van der Waals surface area contributed by atoms with Crippen LogP contribution in [0.5, 0.6) is 0 Å². The number of hydrogen-bond acceptors (Lipinski definition) is 1. The summed E-state index contributed by atoms with van der Waals surface area (Å²) < 4.78 is 0. The standard InChI is InChI=1S/C16H15ClO/c1-2-12-8-6-7-11-14(12)16(18)15(17)13-9-4-3-5-10-13/h3-11,15H,2H2,1H3. The number of hydrogen-bond donors (Lipinski definition) is 0. The third-order valence-electron chi connectivity index (χ3n) is 2.99. The van der Waals surface area contributed by atoms with Crippen molar-refractivity contribution in [3.8, 4) is 0 Å². The van der Waals surface area contributed by atoms with Gasteiger partial charge in [0.1, 0.15) is 5.38 Å². The summed E-state index contributed by atoms with van der Waals surface area (Å²) in [5.41, 5.74) is 2.61. The normalized spacial score (nSPS) is 12.1. The van der Waals surface area contributed by atoms with Crippen LogP contribution in [-0.4, -0.2) is 5.78 Å². The van der Waals surface area contributed by atoms with Gasteiger partial charge in [-0.05, 0) is 17.5 Å². The highest BCUT2D eigenvalue weighted by Crippen LogP contribution is 2.26. The van der Waals surface area contributed by atoms with E-state index in [0.29, 0.717) is 0 Å². The van der Waals surface area contributed by atoms with Crippen LogP contribution in [0, 0.1) is 0 Å². The van der Waals surface area contributed by atoms with E-state index in [4.69, 9.17) is 11.6 Å². The van der Waals surface area contributed by atoms with Crippen molar-refractivity contribution in [2.24, 2.45) is 0 Å². The first-order valence-corrected chi connectivity index (χ1v) is 6.48. The lowest BCUT2D eigenvalue weighted by Crippen LogP contribution is -2.10. The molecule has 92 valence electrons. The van der Waals surface area contributed by atoms with E-state index >= 15 is 0 Å². The van der Waals surface area contributed by atoms with Crippen molar-refractivity contribution in [2.45, 2.75) is 18.7 Å². The number of aryl methyl sites for hydroxylation is 1. The first kappa shape index (κ1) is 12.8. The number of ketones is 1. The molecule has 1 nitrogen and oxygen atoms in total. The number of Topliss-reactive ketones (excluding diaryl/α,β-unsaturated/α-hetero) is 1. The molecule has 0 aliphatic carbocycles. The number of carbonyl (C=O) groups is 1. The van der Waals surface area contributed by atoms with E-state index < -0.39 is 5.38 Å². The Hall–Kier alpha value is -1.60. The van der Waals surface area contributed by atoms with Gasteiger partial charge in [0.15, 0.2) is 5.78 Å². The van der Waals surface area contributed by atoms with E-state index in [1.165, 1.54) is 0 Å². The third kappa shape index (κ3) is 2.62. The van der Waals surface area contributed by atoms with Crippen LogP contribution in [0.4, 0.5) is 0 Å². The number of carbonyl (C=O) groups excluding carboxylic acids is 1. The molecule has 1 atom stereocenters. The first-order valence-electron chi connectivity index (χ1n) is 6.05. The Morgan fingerprint density at radius 1 is 1.06 bits per heavy atom. The Balaban J connectivity index is 2.32. The molecular formula is C16H15ClO. The molecule has 0 N–H and O–H groups in total. The Morgan fingerprint density at radius 2 is 1.67 bits per heavy atom. The highest BCUT2D eigenvalue weighted by Gasteiger charge is 2.20. The molecular weight excluding hydrogens is 244 g/mol. The number of benzene rings is 2. The van der Waals surface area contributed by atoms with Gasteiger partial charge in [-0.2, -0.15) is 0 Å². The molecule has 0 fully saturated rings. The van der Waals surface area contributed by atoms with E-state index in [2.05, 4.69) is 0 Å². The van der Waals surface area contributed by atoms with Crippen molar-refractivity contribution < 1.29 is 4.79 Å². The minimum absolute atomic E-state index is 0.0275. The van der Waals surface area contributed by atoms with Gasteiger partial charge in [-0.1, -0.05) is 61.5 Å². The second kappa shape index (κ2) is 5.83. The van der Waals surface area contributed by atoms with E-state index in [1.807, 2.05) is 61.5 Å². The van der Waals surface area contributed by atoms with E-state index in [0.717, 1.165) is 23.1 Å². The maximum atomic E-state index is 12.4. The number of halogens is 1. The molecule has 0 aliphatic rings. The topological polar surface area (TPSA) is 17.1 Å². The van der Waals surface area contributed by atoms with Crippen molar-refractivity contribution in [3.05, 3.63) is 71.3 Å². The summed E-state index contributed by atoms with van der Waals surface area (Å²) in [5.74, 6) is -0.0275. The molecule has 0 spiro atoms. The highest BCUT2D eigenvalue weighted by molar-refractivity contribution is 6.34. The zero-order valence-corrected chi connectivity index (χ0v) is 11.0. The van der Waals surface area contributed by atoms with Crippen molar-refractivity contribution in [3.63, 3.8) is 0 Å². The Bertz CT molecular complexity index is 534. The first-order chi connectivity index (χ1) is 8.74. The van der Waals surface area contributed by atoms with Gasteiger partial charge in [-0.15, -0.1) is 11.6 Å². The van der Waals surface area contributed by atoms with Crippen molar-refractivity contribution in [1.82, 2.24) is 0 Å². The predicted molar refractivity (Wildman–Crippen MR) is 75.2 cm³/mol. The van der Waals surface area contributed by atoms with Gasteiger partial charge in [-0.3, -0.25) is 4.79 Å². The fourth-order valence-electron chi connectivity index (χ4n) is 1.98. The summed E-state index contributed by atoms with van der Waals surface area (Å²) in [4.78, 5) is 12.4. The zero-order valence-electron chi connectivity index (χ0n) is 10.3. The average molecular weight is 259 g/mol. The van der Waals surface area contributed by atoms with Crippen LogP contribution >= 0.6 is 11.6 Å². The summed E-state index contributed by atoms with van der Waals surface area (Å²) in [5, 5.41) is -0.612. The van der Waals surface area contributed by atoms with Gasteiger partial charge < -0.3 is 0 Å². The van der Waals surface area contributed by atoms with Crippen molar-refractivity contribution in [2.75, 3.05) is 0 Å². The lowest BCUT2D eigenvalue weighted by molar-refractivity contribution is 0.0986. The molecule has 0 saturated carbocycles. The third-order valence-corrected chi connectivity index (χ3v) is 3.44. The molecule has 0 aliphatic heterocycles. The minimum atomic E-state index is -0.612. The maximum absolute atomic E-state index is 12.4. The highest BCUT2D eigenvalue weighted by atomic mass is 35.5. The van der Waals surface area contributed by atoms with E-state index in [1.54, 1.807) is 0 Å². The summed E-state index contributed by atoms with van der Waals surface area (Å²) in [6, 6.07) is 17.1. The Morgan fingerprint density at radius 3 is 2.33 bits per heavy atom. The van der Waals surface area contributed by atoms with Crippen LogP contribution in [-0.2, 0) is 6.42 Å². The van der Waals surface area contributed by atoms with Crippen LogP contribution in [0.15, 0.2) is 54.6 Å². The SMILES string of the molecule is CCc1ccccc1C(=O)C(Cl)c1ccccc1. The van der Waals surface area contributed by atoms with E-state index in [-0.39, 0.29) is 5.78 Å². The molecule has 18 heavy (non-hydrogen) atoms. The molecule has 0 bridgehead atoms. The van der Waals surface area contributed by atoms with Crippen LogP contribution in [0.25, 0.3) is 0 Å². The van der Waals surface area contributed by atoms with E-state index in [9.17, 15) is 4.79 Å². The summed E-state index contributed by atoms with van der Waals surface area (Å²) in [6.07, 6.45) is 0.834. The molecule has 0 aromatic heterocycles. The largest absolute Gasteiger partial charge is 0.292 e. The Kier molecular flexibility index (Phi) is 4.16. The van der Waals surface area contributed by atoms with Gasteiger partial charge >= 0.3 is 0 Å². The zero-order chi connectivity index (χ0) is 13.0. The molecule has 0 heterocycles. The maximum Gasteiger partial charge on any atom is 0.185 e. The lowest BCUT2D eigenvalue weighted by atomic mass is 9.97. The smallest absolute Gasteiger partial charge is 0.185 e. The summed E-state index contributed by atoms with van der Waals surface area (Å²) in [6.45, 7) is 2.04.